The molecule has 0 aliphatic carbocycles. The summed E-state index contributed by atoms with van der Waals surface area (Å²) in [6.45, 7) is 7.37. The lowest BCUT2D eigenvalue weighted by atomic mass is 9.93. The van der Waals surface area contributed by atoms with Crippen molar-refractivity contribution in [3.63, 3.8) is 0 Å². The van der Waals surface area contributed by atoms with E-state index in [9.17, 15) is 22.8 Å². The van der Waals surface area contributed by atoms with Gasteiger partial charge >= 0.3 is 11.8 Å². The highest BCUT2D eigenvalue weighted by Crippen LogP contribution is 2.31. The zero-order valence-corrected chi connectivity index (χ0v) is 20.1. The second kappa shape index (κ2) is 8.85. The van der Waals surface area contributed by atoms with Gasteiger partial charge in [0.25, 0.3) is 15.6 Å². The molecule has 11 nitrogen and oxygen atoms in total. The number of benzene rings is 1. The number of aromatic amines is 1. The van der Waals surface area contributed by atoms with Crippen molar-refractivity contribution in [1.29, 1.82) is 0 Å². The summed E-state index contributed by atoms with van der Waals surface area (Å²) in [6.07, 6.45) is 0.983. The molecule has 0 fully saturated rings. The summed E-state index contributed by atoms with van der Waals surface area (Å²) in [7, 11) is -2.62. The van der Waals surface area contributed by atoms with E-state index in [4.69, 9.17) is 4.74 Å². The van der Waals surface area contributed by atoms with Crippen molar-refractivity contribution in [2.75, 3.05) is 17.3 Å². The summed E-state index contributed by atoms with van der Waals surface area (Å²) in [4.78, 5) is 41.3. The van der Waals surface area contributed by atoms with Crippen molar-refractivity contribution in [2.45, 2.75) is 33.6 Å². The van der Waals surface area contributed by atoms with Crippen LogP contribution in [0.1, 0.15) is 39.2 Å². The molecule has 33 heavy (non-hydrogen) atoms. The first-order valence-corrected chi connectivity index (χ1v) is 12.2. The Hall–Kier alpha value is -3.41. The molecule has 0 atom stereocenters. The van der Waals surface area contributed by atoms with Crippen molar-refractivity contribution < 1.29 is 17.9 Å². The summed E-state index contributed by atoms with van der Waals surface area (Å²) in [5, 5.41) is 4.20. The van der Waals surface area contributed by atoms with Crippen molar-refractivity contribution in [3.8, 4) is 11.3 Å². The third kappa shape index (κ3) is 4.70. The van der Waals surface area contributed by atoms with Gasteiger partial charge in [0, 0.05) is 18.8 Å². The van der Waals surface area contributed by atoms with E-state index >= 15 is 0 Å². The Labute approximate surface area is 190 Å². The number of ether oxygens (including phenoxy) is 1. The van der Waals surface area contributed by atoms with E-state index in [0.29, 0.717) is 11.8 Å². The summed E-state index contributed by atoms with van der Waals surface area (Å²) in [5.41, 5.74) is 0.451. The Kier molecular flexibility index (Phi) is 6.50. The molecule has 0 saturated heterocycles. The van der Waals surface area contributed by atoms with Crippen LogP contribution in [0.5, 0.6) is 0 Å². The van der Waals surface area contributed by atoms with Gasteiger partial charge in [-0.15, -0.1) is 4.68 Å². The Balaban J connectivity index is 2.33. The molecule has 0 saturated carbocycles. The van der Waals surface area contributed by atoms with Crippen LogP contribution >= 0.6 is 0 Å². The average Bonchev–Trinajstić information content (AvgIpc) is 3.13. The molecule has 1 amide bonds. The minimum atomic E-state index is -4.37. The van der Waals surface area contributed by atoms with Gasteiger partial charge in [0.15, 0.2) is 0 Å². The van der Waals surface area contributed by atoms with E-state index in [0.717, 1.165) is 11.3 Å². The zero-order chi connectivity index (χ0) is 24.7. The maximum atomic E-state index is 13.4. The lowest BCUT2D eigenvalue weighted by molar-refractivity contribution is 0.139. The standard InChI is InChI=1S/C21H27N5O6S/c1-12(2)11-32-21(29)26(33(6,30)31)25-19(27)16-9-15(18-7-8-22-24(18)5)14(13(3)4)10-17(16)23-20(25)28/h7-10,12-13H,11H2,1-6H3,(H,23,28). The number of H-pyrrole nitrogens is 1. The Morgan fingerprint density at radius 2 is 1.88 bits per heavy atom. The summed E-state index contributed by atoms with van der Waals surface area (Å²) in [5.74, 6) is -0.0401. The van der Waals surface area contributed by atoms with Crippen LogP contribution < -0.4 is 15.7 Å². The van der Waals surface area contributed by atoms with E-state index in [2.05, 4.69) is 10.1 Å². The number of aromatic nitrogens is 4. The molecule has 0 spiro atoms. The van der Waals surface area contributed by atoms with E-state index < -0.39 is 27.4 Å². The number of rotatable bonds is 6. The molecule has 0 bridgehead atoms. The Morgan fingerprint density at radius 3 is 2.39 bits per heavy atom. The highest BCUT2D eigenvalue weighted by molar-refractivity contribution is 7.92. The molecule has 1 aromatic carbocycles. The number of carbonyl (C=O) groups excluding carboxylic acids is 1. The molecule has 0 radical (unpaired) electrons. The van der Waals surface area contributed by atoms with Gasteiger partial charge in [-0.05, 0) is 35.6 Å². The number of fused-ring (bicyclic) bond motifs is 1. The van der Waals surface area contributed by atoms with Crippen molar-refractivity contribution in [2.24, 2.45) is 13.0 Å². The lowest BCUT2D eigenvalue weighted by Gasteiger charge is -2.21. The molecular weight excluding hydrogens is 450 g/mol. The normalized spacial score (nSPS) is 12.0. The molecular formula is C21H27N5O6S. The second-order valence-corrected chi connectivity index (χ2v) is 10.3. The van der Waals surface area contributed by atoms with Crippen LogP contribution in [0.25, 0.3) is 22.2 Å². The second-order valence-electron chi connectivity index (χ2n) is 8.50. The smallest absolute Gasteiger partial charge is 0.444 e. The van der Waals surface area contributed by atoms with Gasteiger partial charge < -0.3 is 9.72 Å². The number of amides is 1. The van der Waals surface area contributed by atoms with Gasteiger partial charge in [0.2, 0.25) is 0 Å². The topological polar surface area (TPSA) is 136 Å². The van der Waals surface area contributed by atoms with Crippen molar-refractivity contribution >= 4 is 27.0 Å². The molecule has 0 aliphatic heterocycles. The van der Waals surface area contributed by atoms with Crippen LogP contribution in [0.4, 0.5) is 4.79 Å². The average molecular weight is 478 g/mol. The van der Waals surface area contributed by atoms with Crippen LogP contribution in [0.3, 0.4) is 0 Å². The fourth-order valence-electron chi connectivity index (χ4n) is 3.43. The minimum absolute atomic E-state index is 0.0282. The fourth-order valence-corrected chi connectivity index (χ4v) is 4.20. The molecule has 2 heterocycles. The maximum Gasteiger partial charge on any atom is 0.444 e. The van der Waals surface area contributed by atoms with E-state index in [1.165, 1.54) is 0 Å². The highest BCUT2D eigenvalue weighted by Gasteiger charge is 2.31. The number of hydrogen-bond donors (Lipinski definition) is 1. The van der Waals surface area contributed by atoms with Crippen LogP contribution in [0.2, 0.25) is 0 Å². The van der Waals surface area contributed by atoms with E-state index in [-0.39, 0.29) is 38.4 Å². The Bertz CT molecular complexity index is 1430. The Morgan fingerprint density at radius 1 is 1.21 bits per heavy atom. The maximum absolute atomic E-state index is 13.4. The van der Waals surface area contributed by atoms with Gasteiger partial charge in [0.05, 0.1) is 29.5 Å². The number of nitrogens with zero attached hydrogens (tertiary/aromatic N) is 4. The van der Waals surface area contributed by atoms with Gasteiger partial charge in [-0.3, -0.25) is 9.48 Å². The molecule has 0 unspecified atom stereocenters. The summed E-state index contributed by atoms with van der Waals surface area (Å²) >= 11 is 0. The molecule has 3 rings (SSSR count). The van der Waals surface area contributed by atoms with Crippen molar-refractivity contribution in [3.05, 3.63) is 50.8 Å². The predicted molar refractivity (Wildman–Crippen MR) is 124 cm³/mol. The number of aryl methyl sites for hydroxylation is 1. The van der Waals surface area contributed by atoms with Crippen LogP contribution in [-0.4, -0.2) is 46.8 Å². The first-order chi connectivity index (χ1) is 15.3. The molecule has 178 valence electrons. The largest absolute Gasteiger partial charge is 0.447 e. The predicted octanol–water partition coefficient (Wildman–Crippen LogP) is 1.90. The van der Waals surface area contributed by atoms with Gasteiger partial charge in [0.1, 0.15) is 0 Å². The quantitative estimate of drug-likeness (QED) is 0.572. The lowest BCUT2D eigenvalue weighted by Crippen LogP contribution is -2.56. The molecule has 12 heteroatoms. The van der Waals surface area contributed by atoms with Gasteiger partial charge in [-0.2, -0.15) is 5.10 Å². The molecule has 2 aromatic heterocycles. The third-order valence-corrected chi connectivity index (χ3v) is 5.90. The first kappa shape index (κ1) is 24.2. The summed E-state index contributed by atoms with van der Waals surface area (Å²) in [6, 6.07) is 5.02. The fraction of sp³-hybridized carbons (Fsp3) is 0.429. The van der Waals surface area contributed by atoms with Gasteiger partial charge in [-0.25, -0.2) is 18.0 Å². The SMILES string of the molecule is CC(C)COC(=O)N(n1c(=O)[nH]c2cc(C(C)C)c(-c3ccnn3C)cc2c1=O)S(C)(=O)=O. The number of hydrogen-bond acceptors (Lipinski definition) is 7. The number of nitrogens with one attached hydrogen (secondary N) is 1. The van der Waals surface area contributed by atoms with Crippen LogP contribution in [-0.2, 0) is 21.8 Å². The molecule has 0 aliphatic rings. The van der Waals surface area contributed by atoms with Gasteiger partial charge in [-0.1, -0.05) is 32.1 Å². The van der Waals surface area contributed by atoms with Crippen molar-refractivity contribution in [1.82, 2.24) is 19.4 Å². The summed E-state index contributed by atoms with van der Waals surface area (Å²) < 4.78 is 31.8. The molecule has 3 aromatic rings. The number of sulfonamides is 1. The monoisotopic (exact) mass is 477 g/mol. The van der Waals surface area contributed by atoms with E-state index in [1.54, 1.807) is 50.0 Å². The zero-order valence-electron chi connectivity index (χ0n) is 19.3. The minimum Gasteiger partial charge on any atom is -0.447 e. The molecule has 1 N–H and O–H groups in total. The number of carbonyl (C=O) groups is 1. The van der Waals surface area contributed by atoms with Crippen LogP contribution in [0.15, 0.2) is 34.0 Å². The van der Waals surface area contributed by atoms with Crippen LogP contribution in [0, 0.1) is 5.92 Å². The van der Waals surface area contributed by atoms with E-state index in [1.807, 2.05) is 13.8 Å². The third-order valence-electron chi connectivity index (χ3n) is 4.96. The highest BCUT2D eigenvalue weighted by atomic mass is 32.2. The first-order valence-electron chi connectivity index (χ1n) is 10.3.